The Labute approximate surface area is 188 Å². The van der Waals surface area contributed by atoms with Crippen LogP contribution in [0.25, 0.3) is 11.4 Å². The van der Waals surface area contributed by atoms with Gasteiger partial charge >= 0.3 is 12.7 Å². The highest BCUT2D eigenvalue weighted by atomic mass is 19.3. The quantitative estimate of drug-likeness (QED) is 0.309. The molecule has 0 saturated carbocycles. The van der Waals surface area contributed by atoms with Crippen LogP contribution in [0.2, 0.25) is 0 Å². The van der Waals surface area contributed by atoms with Crippen molar-refractivity contribution in [3.63, 3.8) is 0 Å². The molecular formula is C22H16F8N2O2. The summed E-state index contributed by atoms with van der Waals surface area (Å²) in [6.07, 6.45) is 0.669. The van der Waals surface area contributed by atoms with Crippen molar-refractivity contribution in [1.29, 1.82) is 0 Å². The van der Waals surface area contributed by atoms with E-state index in [2.05, 4.69) is 19.4 Å². The van der Waals surface area contributed by atoms with Crippen molar-refractivity contribution in [3.05, 3.63) is 71.1 Å². The van der Waals surface area contributed by atoms with Crippen LogP contribution < -0.4 is 9.47 Å². The maximum atomic E-state index is 14.5. The summed E-state index contributed by atoms with van der Waals surface area (Å²) in [5, 5.41) is 0. The van der Waals surface area contributed by atoms with Crippen LogP contribution in [0.4, 0.5) is 35.1 Å². The Hall–Kier alpha value is -3.44. The largest absolute Gasteiger partial charge is 0.432 e. The number of ether oxygens (including phenoxy) is 2. The number of nitrogens with zero attached hydrogens (tertiary/aromatic N) is 2. The SMILES string of the molecule is CCCCc1cnc(-c2cc(F)c(C(F)(F)Oc3cc(F)c(OC(F)F)c(F)c3)c(F)c2)nc1. The number of alkyl halides is 4. The Bertz CT molecular complexity index is 1110. The normalized spacial score (nSPS) is 11.7. The molecule has 1 aromatic heterocycles. The van der Waals surface area contributed by atoms with Crippen LogP contribution >= 0.6 is 0 Å². The van der Waals surface area contributed by atoms with Crippen LogP contribution in [0.5, 0.6) is 11.5 Å². The summed E-state index contributed by atoms with van der Waals surface area (Å²) in [5.74, 6) is -9.94. The molecular weight excluding hydrogens is 476 g/mol. The van der Waals surface area contributed by atoms with E-state index in [1.54, 1.807) is 0 Å². The lowest BCUT2D eigenvalue weighted by Crippen LogP contribution is -2.25. The molecule has 0 saturated heterocycles. The molecule has 0 aliphatic heterocycles. The van der Waals surface area contributed by atoms with Crippen molar-refractivity contribution in [3.8, 4) is 22.9 Å². The first kappa shape index (κ1) is 25.2. The van der Waals surface area contributed by atoms with E-state index in [4.69, 9.17) is 0 Å². The molecule has 0 bridgehead atoms. The molecule has 2 aromatic carbocycles. The van der Waals surface area contributed by atoms with Gasteiger partial charge in [-0.05, 0) is 30.5 Å². The van der Waals surface area contributed by atoms with E-state index in [-0.39, 0.29) is 23.5 Å². The van der Waals surface area contributed by atoms with Gasteiger partial charge in [0.2, 0.25) is 0 Å². The second-order valence-corrected chi connectivity index (χ2v) is 7.05. The number of aryl methyl sites for hydroxylation is 1. The second-order valence-electron chi connectivity index (χ2n) is 7.05. The lowest BCUT2D eigenvalue weighted by atomic mass is 10.1. The summed E-state index contributed by atoms with van der Waals surface area (Å²) in [7, 11) is 0. The highest BCUT2D eigenvalue weighted by molar-refractivity contribution is 5.56. The van der Waals surface area contributed by atoms with E-state index in [0.717, 1.165) is 18.4 Å². The summed E-state index contributed by atoms with van der Waals surface area (Å²) < 4.78 is 118. The number of rotatable bonds is 9. The van der Waals surface area contributed by atoms with Gasteiger partial charge in [-0.1, -0.05) is 13.3 Å². The maximum Gasteiger partial charge on any atom is 0.432 e. The van der Waals surface area contributed by atoms with Crippen LogP contribution in [0.3, 0.4) is 0 Å². The van der Waals surface area contributed by atoms with Gasteiger partial charge in [0.05, 0.1) is 0 Å². The molecule has 0 aliphatic carbocycles. The molecule has 1 heterocycles. The first-order chi connectivity index (χ1) is 16.0. The highest BCUT2D eigenvalue weighted by Gasteiger charge is 2.41. The molecule has 0 unspecified atom stereocenters. The molecule has 3 aromatic rings. The third-order valence-corrected chi connectivity index (χ3v) is 4.54. The Morgan fingerprint density at radius 1 is 0.882 bits per heavy atom. The molecule has 12 heteroatoms. The molecule has 4 nitrogen and oxygen atoms in total. The topological polar surface area (TPSA) is 44.2 Å². The standard InChI is InChI=1S/C22H16F8N2O2/c1-2-3-4-11-9-31-20(32-10-11)12-5-14(23)18(15(24)6-12)22(29,30)34-13-7-16(25)19(17(26)8-13)33-21(27)28/h5-10,21H,2-4H2,1H3. The fourth-order valence-corrected chi connectivity index (χ4v) is 2.99. The Kier molecular flexibility index (Phi) is 7.57. The lowest BCUT2D eigenvalue weighted by Gasteiger charge is -2.20. The molecule has 182 valence electrons. The van der Waals surface area contributed by atoms with Gasteiger partial charge in [0.1, 0.15) is 22.9 Å². The van der Waals surface area contributed by atoms with Gasteiger partial charge in [0.15, 0.2) is 23.2 Å². The number of halogens is 8. The van der Waals surface area contributed by atoms with Crippen LogP contribution in [0.1, 0.15) is 30.9 Å². The third kappa shape index (κ3) is 5.72. The van der Waals surface area contributed by atoms with Crippen molar-refractivity contribution < 1.29 is 44.6 Å². The fraction of sp³-hybridized carbons (Fsp3) is 0.273. The van der Waals surface area contributed by atoms with E-state index >= 15 is 0 Å². The first-order valence-electron chi connectivity index (χ1n) is 9.83. The maximum absolute atomic E-state index is 14.5. The minimum atomic E-state index is -4.73. The number of hydrogen-bond donors (Lipinski definition) is 0. The van der Waals surface area contributed by atoms with Crippen LogP contribution in [-0.2, 0) is 12.5 Å². The van der Waals surface area contributed by atoms with Crippen molar-refractivity contribution in [2.24, 2.45) is 0 Å². The van der Waals surface area contributed by atoms with Crippen molar-refractivity contribution in [2.45, 2.75) is 38.9 Å². The zero-order chi connectivity index (χ0) is 25.0. The minimum Gasteiger partial charge on any atom is -0.429 e. The lowest BCUT2D eigenvalue weighted by molar-refractivity contribution is -0.189. The highest BCUT2D eigenvalue weighted by Crippen LogP contribution is 2.38. The van der Waals surface area contributed by atoms with Crippen LogP contribution in [-0.4, -0.2) is 16.6 Å². The smallest absolute Gasteiger partial charge is 0.429 e. The van der Waals surface area contributed by atoms with E-state index in [1.165, 1.54) is 12.4 Å². The summed E-state index contributed by atoms with van der Waals surface area (Å²) in [5.41, 5.74) is -1.29. The van der Waals surface area contributed by atoms with Crippen LogP contribution in [0.15, 0.2) is 36.7 Å². The van der Waals surface area contributed by atoms with E-state index in [0.29, 0.717) is 18.6 Å². The molecule has 0 atom stereocenters. The van der Waals surface area contributed by atoms with Gasteiger partial charge in [-0.15, -0.1) is 0 Å². The summed E-state index contributed by atoms with van der Waals surface area (Å²) in [4.78, 5) is 7.96. The number of hydrogen-bond acceptors (Lipinski definition) is 4. The van der Waals surface area contributed by atoms with Gasteiger partial charge < -0.3 is 9.47 Å². The second kappa shape index (κ2) is 10.2. The summed E-state index contributed by atoms with van der Waals surface area (Å²) >= 11 is 0. The van der Waals surface area contributed by atoms with E-state index in [9.17, 15) is 35.1 Å². The van der Waals surface area contributed by atoms with E-state index < -0.39 is 53.1 Å². The van der Waals surface area contributed by atoms with Gasteiger partial charge in [0.25, 0.3) is 0 Å². The van der Waals surface area contributed by atoms with Crippen LogP contribution in [0, 0.1) is 23.3 Å². The van der Waals surface area contributed by atoms with Crippen molar-refractivity contribution in [2.75, 3.05) is 0 Å². The van der Waals surface area contributed by atoms with Gasteiger partial charge in [-0.2, -0.15) is 17.6 Å². The van der Waals surface area contributed by atoms with Crippen molar-refractivity contribution in [1.82, 2.24) is 9.97 Å². The Morgan fingerprint density at radius 2 is 1.44 bits per heavy atom. The Balaban J connectivity index is 1.88. The zero-order valence-corrected chi connectivity index (χ0v) is 17.4. The number of unbranched alkanes of at least 4 members (excludes halogenated alkanes) is 1. The Morgan fingerprint density at radius 3 is 1.94 bits per heavy atom. The number of aromatic nitrogens is 2. The number of benzene rings is 2. The zero-order valence-electron chi connectivity index (χ0n) is 17.4. The third-order valence-electron chi connectivity index (χ3n) is 4.54. The van der Waals surface area contributed by atoms with Gasteiger partial charge in [-0.3, -0.25) is 0 Å². The monoisotopic (exact) mass is 492 g/mol. The molecule has 0 aliphatic rings. The van der Waals surface area contributed by atoms with Gasteiger partial charge in [-0.25, -0.2) is 27.5 Å². The molecule has 0 spiro atoms. The molecule has 0 N–H and O–H groups in total. The van der Waals surface area contributed by atoms with Gasteiger partial charge in [0, 0.05) is 30.1 Å². The summed E-state index contributed by atoms with van der Waals surface area (Å²) in [6, 6.07) is 1.31. The first-order valence-corrected chi connectivity index (χ1v) is 9.83. The predicted molar refractivity (Wildman–Crippen MR) is 104 cm³/mol. The summed E-state index contributed by atoms with van der Waals surface area (Å²) in [6.45, 7) is -1.60. The fourth-order valence-electron chi connectivity index (χ4n) is 2.99. The average Bonchev–Trinajstić information content (AvgIpc) is 2.74. The average molecular weight is 492 g/mol. The molecule has 3 rings (SSSR count). The molecule has 34 heavy (non-hydrogen) atoms. The molecule has 0 amide bonds. The predicted octanol–water partition coefficient (Wildman–Crippen LogP) is 6.77. The van der Waals surface area contributed by atoms with E-state index in [1.807, 2.05) is 6.92 Å². The minimum absolute atomic E-state index is 0.104. The molecule has 0 fully saturated rings. The molecule has 0 radical (unpaired) electrons. The van der Waals surface area contributed by atoms with Crippen molar-refractivity contribution >= 4 is 0 Å².